The molecule has 0 aromatic rings. The summed E-state index contributed by atoms with van der Waals surface area (Å²) in [5.74, 6) is -1.13. The van der Waals surface area contributed by atoms with E-state index >= 15 is 0 Å². The van der Waals surface area contributed by atoms with Crippen molar-refractivity contribution in [3.8, 4) is 0 Å². The molecule has 0 spiro atoms. The van der Waals surface area contributed by atoms with Crippen molar-refractivity contribution in [1.82, 2.24) is 0 Å². The molecule has 0 aliphatic heterocycles. The van der Waals surface area contributed by atoms with Crippen LogP contribution in [0.15, 0.2) is 12.7 Å². The van der Waals surface area contributed by atoms with Crippen molar-refractivity contribution >= 4 is 11.9 Å². The van der Waals surface area contributed by atoms with Gasteiger partial charge < -0.3 is 10.8 Å². The minimum Gasteiger partial charge on any atom is -0.478 e. The van der Waals surface area contributed by atoms with Crippen molar-refractivity contribution in [2.75, 3.05) is 0 Å². The van der Waals surface area contributed by atoms with Crippen LogP contribution in [-0.2, 0) is 9.59 Å². The first kappa shape index (κ1) is 25.9. The number of rotatable bonds is 17. The molecule has 0 saturated carbocycles. The number of aliphatic carboxylic acids is 1. The molecule has 0 rings (SSSR count). The van der Waals surface area contributed by atoms with Crippen LogP contribution in [0.4, 0.5) is 0 Å². The number of carboxylic acids is 1. The highest BCUT2D eigenvalue weighted by molar-refractivity contribution is 5.78. The Morgan fingerprint density at radius 2 is 1.04 bits per heavy atom. The molecule has 0 radical (unpaired) electrons. The monoisotopic (exact) mass is 355 g/mol. The second-order valence-electron chi connectivity index (χ2n) is 6.71. The summed E-state index contributed by atoms with van der Waals surface area (Å²) in [5.41, 5.74) is 5.11. The van der Waals surface area contributed by atoms with Gasteiger partial charge in [0, 0.05) is 12.5 Å². The molecule has 0 atom stereocenters. The fourth-order valence-corrected chi connectivity index (χ4v) is 2.67. The lowest BCUT2D eigenvalue weighted by Gasteiger charge is -2.03. The van der Waals surface area contributed by atoms with E-state index < -0.39 is 5.97 Å². The second-order valence-corrected chi connectivity index (χ2v) is 6.71. The maximum atomic E-state index is 10.6. The van der Waals surface area contributed by atoms with Crippen LogP contribution in [0.25, 0.3) is 0 Å². The molecule has 25 heavy (non-hydrogen) atoms. The van der Waals surface area contributed by atoms with E-state index in [0.717, 1.165) is 12.5 Å². The number of carboxylic acid groups (broad SMARTS) is 1. The number of amides is 1. The van der Waals surface area contributed by atoms with Gasteiger partial charge in [0.2, 0.25) is 5.91 Å². The maximum absolute atomic E-state index is 10.6. The standard InChI is InChI=1S/C18H37NO.C3H4O2/c1-2-3-4-5-6-7-8-9-10-11-12-13-14-15-16-17-18(19)20;1-2-3(4)5/h2-17H2,1H3,(H2,19,20);2H,1H2,(H,4,5). The predicted octanol–water partition coefficient (Wildman–Crippen LogP) is 5.99. The van der Waals surface area contributed by atoms with Crippen molar-refractivity contribution < 1.29 is 14.7 Å². The van der Waals surface area contributed by atoms with Gasteiger partial charge in [0.05, 0.1) is 0 Å². The summed E-state index contributed by atoms with van der Waals surface area (Å²) >= 11 is 0. The quantitative estimate of drug-likeness (QED) is 0.248. The smallest absolute Gasteiger partial charge is 0.327 e. The SMILES string of the molecule is C=CC(=O)O.CCCCCCCCCCCCCCCCCC(N)=O. The Hall–Kier alpha value is -1.32. The van der Waals surface area contributed by atoms with Gasteiger partial charge in [-0.25, -0.2) is 4.79 Å². The molecule has 0 fully saturated rings. The van der Waals surface area contributed by atoms with Gasteiger partial charge >= 0.3 is 5.97 Å². The minimum absolute atomic E-state index is 0.153. The van der Waals surface area contributed by atoms with E-state index in [1.165, 1.54) is 89.9 Å². The average Bonchev–Trinajstić information content (AvgIpc) is 2.58. The van der Waals surface area contributed by atoms with Crippen LogP contribution in [0, 0.1) is 0 Å². The summed E-state index contributed by atoms with van der Waals surface area (Å²) in [4.78, 5) is 19.8. The van der Waals surface area contributed by atoms with Gasteiger partial charge in [0.25, 0.3) is 0 Å². The molecule has 1 amide bonds. The molecule has 0 saturated heterocycles. The highest BCUT2D eigenvalue weighted by Crippen LogP contribution is 2.13. The zero-order chi connectivity index (χ0) is 19.2. The molecule has 3 N–H and O–H groups in total. The lowest BCUT2D eigenvalue weighted by molar-refractivity contribution is -0.131. The van der Waals surface area contributed by atoms with Crippen LogP contribution in [0.5, 0.6) is 0 Å². The molecule has 4 heteroatoms. The van der Waals surface area contributed by atoms with Gasteiger partial charge in [-0.15, -0.1) is 0 Å². The van der Waals surface area contributed by atoms with Crippen LogP contribution in [0.2, 0.25) is 0 Å². The first-order valence-corrected chi connectivity index (χ1v) is 10.2. The molecule has 0 aromatic heterocycles. The largest absolute Gasteiger partial charge is 0.478 e. The Morgan fingerprint density at radius 1 is 0.760 bits per heavy atom. The topological polar surface area (TPSA) is 80.4 Å². The number of carbonyl (C=O) groups excluding carboxylic acids is 1. The molecule has 0 aliphatic carbocycles. The summed E-state index contributed by atoms with van der Waals surface area (Å²) in [7, 11) is 0. The Kier molecular flexibility index (Phi) is 23.5. The number of hydrogen-bond donors (Lipinski definition) is 2. The molecular weight excluding hydrogens is 314 g/mol. The average molecular weight is 356 g/mol. The van der Waals surface area contributed by atoms with Gasteiger partial charge in [-0.2, -0.15) is 0 Å². The highest BCUT2D eigenvalue weighted by atomic mass is 16.4. The third-order valence-electron chi connectivity index (χ3n) is 4.20. The van der Waals surface area contributed by atoms with Gasteiger partial charge in [0.15, 0.2) is 0 Å². The molecule has 0 aromatic carbocycles. The minimum atomic E-state index is -0.981. The molecule has 0 bridgehead atoms. The first-order valence-electron chi connectivity index (χ1n) is 10.2. The van der Waals surface area contributed by atoms with Crippen molar-refractivity contribution in [3.63, 3.8) is 0 Å². The van der Waals surface area contributed by atoms with E-state index in [9.17, 15) is 9.59 Å². The van der Waals surface area contributed by atoms with E-state index in [1.54, 1.807) is 0 Å². The lowest BCUT2D eigenvalue weighted by Crippen LogP contribution is -2.09. The molecule has 0 unspecified atom stereocenters. The highest BCUT2D eigenvalue weighted by Gasteiger charge is 1.96. The van der Waals surface area contributed by atoms with Crippen LogP contribution < -0.4 is 5.73 Å². The number of primary amides is 1. The van der Waals surface area contributed by atoms with Crippen molar-refractivity contribution in [2.24, 2.45) is 5.73 Å². The second kappa shape index (κ2) is 22.7. The lowest BCUT2D eigenvalue weighted by atomic mass is 10.0. The predicted molar refractivity (Wildman–Crippen MR) is 107 cm³/mol. The zero-order valence-corrected chi connectivity index (χ0v) is 16.4. The fraction of sp³-hybridized carbons (Fsp3) is 0.810. The summed E-state index contributed by atoms with van der Waals surface area (Å²) in [6.07, 6.45) is 21.7. The number of nitrogens with two attached hydrogens (primary N) is 1. The van der Waals surface area contributed by atoms with Gasteiger partial charge in [-0.05, 0) is 6.42 Å². The maximum Gasteiger partial charge on any atom is 0.327 e. The third-order valence-corrected chi connectivity index (χ3v) is 4.20. The van der Waals surface area contributed by atoms with E-state index in [4.69, 9.17) is 10.8 Å². The number of carbonyl (C=O) groups is 2. The fourth-order valence-electron chi connectivity index (χ4n) is 2.67. The van der Waals surface area contributed by atoms with E-state index in [1.807, 2.05) is 0 Å². The van der Waals surface area contributed by atoms with Crippen molar-refractivity contribution in [1.29, 1.82) is 0 Å². The molecule has 0 aliphatic rings. The van der Waals surface area contributed by atoms with E-state index in [-0.39, 0.29) is 5.91 Å². The van der Waals surface area contributed by atoms with Gasteiger partial charge in [-0.1, -0.05) is 103 Å². The van der Waals surface area contributed by atoms with Gasteiger partial charge in [-0.3, -0.25) is 4.79 Å². The first-order chi connectivity index (χ1) is 12.0. The summed E-state index contributed by atoms with van der Waals surface area (Å²) in [6.45, 7) is 5.24. The van der Waals surface area contributed by atoms with Crippen LogP contribution in [0.1, 0.15) is 110 Å². The molecule has 0 heterocycles. The Bertz CT molecular complexity index is 316. The molecule has 4 nitrogen and oxygen atoms in total. The Morgan fingerprint density at radius 3 is 1.28 bits per heavy atom. The third kappa shape index (κ3) is 31.0. The summed E-state index contributed by atoms with van der Waals surface area (Å²) < 4.78 is 0. The Balaban J connectivity index is 0. The van der Waals surface area contributed by atoms with Crippen LogP contribution in [0.3, 0.4) is 0 Å². The normalized spacial score (nSPS) is 9.96. The summed E-state index contributed by atoms with van der Waals surface area (Å²) in [6, 6.07) is 0. The number of hydrogen-bond acceptors (Lipinski definition) is 2. The molecule has 148 valence electrons. The zero-order valence-electron chi connectivity index (χ0n) is 16.4. The van der Waals surface area contributed by atoms with Crippen LogP contribution >= 0.6 is 0 Å². The van der Waals surface area contributed by atoms with Crippen molar-refractivity contribution in [2.45, 2.75) is 110 Å². The van der Waals surface area contributed by atoms with Gasteiger partial charge in [0.1, 0.15) is 0 Å². The van der Waals surface area contributed by atoms with Crippen LogP contribution in [-0.4, -0.2) is 17.0 Å². The number of unbranched alkanes of at least 4 members (excludes halogenated alkanes) is 14. The molecular formula is C21H41NO3. The van der Waals surface area contributed by atoms with E-state index in [0.29, 0.717) is 6.42 Å². The summed E-state index contributed by atoms with van der Waals surface area (Å²) in [5, 5.41) is 7.60. The Labute approximate surface area is 155 Å². The van der Waals surface area contributed by atoms with Crippen molar-refractivity contribution in [3.05, 3.63) is 12.7 Å². The van der Waals surface area contributed by atoms with E-state index in [2.05, 4.69) is 13.5 Å².